The number of amides is 1. The zero-order valence-corrected chi connectivity index (χ0v) is 32.9. The zero-order chi connectivity index (χ0) is 39.6. The number of carbonyl (C=O) groups is 2. The van der Waals surface area contributed by atoms with E-state index in [0.29, 0.717) is 29.6 Å². The van der Waals surface area contributed by atoms with Crippen molar-refractivity contribution in [1.82, 2.24) is 44.6 Å². The van der Waals surface area contributed by atoms with E-state index in [0.717, 1.165) is 51.9 Å². The minimum atomic E-state index is -3.78. The Bertz CT molecular complexity index is 2120. The Kier molecular flexibility index (Phi) is 14.5. The highest BCUT2D eigenvalue weighted by Gasteiger charge is 2.26. The van der Waals surface area contributed by atoms with E-state index in [1.165, 1.54) is 67.0 Å². The van der Waals surface area contributed by atoms with Gasteiger partial charge in [-0.05, 0) is 120 Å². The van der Waals surface area contributed by atoms with Crippen LogP contribution in [0.25, 0.3) is 11.4 Å². The lowest BCUT2D eigenvalue weighted by Crippen LogP contribution is -2.28. The molecule has 0 aliphatic carbocycles. The first-order valence-corrected chi connectivity index (χ1v) is 21.5. The molecular weight excluding hydrogens is 774 g/mol. The van der Waals surface area contributed by atoms with Crippen molar-refractivity contribution in [3.63, 3.8) is 0 Å². The summed E-state index contributed by atoms with van der Waals surface area (Å²) >= 11 is 5.79. The van der Waals surface area contributed by atoms with Crippen LogP contribution in [-0.4, -0.2) is 114 Å². The number of alkyl halides is 1. The number of aromatic nitrogens is 6. The van der Waals surface area contributed by atoms with Crippen molar-refractivity contribution in [2.24, 2.45) is 10.3 Å². The summed E-state index contributed by atoms with van der Waals surface area (Å²) in [5.41, 5.74) is 1.14. The maximum Gasteiger partial charge on any atom is 0.378 e. The van der Waals surface area contributed by atoms with E-state index < -0.39 is 26.0 Å². The molecule has 0 atom stereocenters. The third-order valence-electron chi connectivity index (χ3n) is 8.85. The summed E-state index contributed by atoms with van der Waals surface area (Å²) in [6, 6.07) is 11.8. The largest absolute Gasteiger partial charge is 0.460 e. The molecule has 2 aromatic heterocycles. The van der Waals surface area contributed by atoms with Gasteiger partial charge in [0, 0.05) is 13.1 Å². The molecule has 0 spiro atoms. The van der Waals surface area contributed by atoms with Crippen molar-refractivity contribution in [3.8, 4) is 11.4 Å². The smallest absolute Gasteiger partial charge is 0.378 e. The number of sulfonamides is 2. The van der Waals surface area contributed by atoms with E-state index in [4.69, 9.17) is 26.6 Å². The number of nitrogens with two attached hydrogens (primary N) is 2. The molecule has 18 nitrogen and oxygen atoms in total. The summed E-state index contributed by atoms with van der Waals surface area (Å²) in [7, 11) is -7.54. The molecule has 21 heteroatoms. The van der Waals surface area contributed by atoms with E-state index in [1.54, 1.807) is 28.6 Å². The van der Waals surface area contributed by atoms with Gasteiger partial charge in [0.2, 0.25) is 25.9 Å². The van der Waals surface area contributed by atoms with Crippen molar-refractivity contribution in [2.45, 2.75) is 67.7 Å². The second-order valence-electron chi connectivity index (χ2n) is 12.9. The van der Waals surface area contributed by atoms with Crippen LogP contribution in [-0.2, 0) is 37.2 Å². The Morgan fingerprint density at radius 1 is 0.727 bits per heavy atom. The summed E-state index contributed by atoms with van der Waals surface area (Å²) in [5, 5.41) is 21.9. The summed E-state index contributed by atoms with van der Waals surface area (Å²) in [6.07, 6.45) is 7.08. The van der Waals surface area contributed by atoms with Crippen LogP contribution in [0.3, 0.4) is 0 Å². The molecule has 0 saturated carbocycles. The number of nitrogens with one attached hydrogen (secondary N) is 1. The van der Waals surface area contributed by atoms with Crippen LogP contribution in [0.5, 0.6) is 0 Å². The fourth-order valence-corrected chi connectivity index (χ4v) is 7.25. The molecular formula is C34H46ClN11O7S2. The molecule has 3 fully saturated rings. The molecule has 2 aromatic carbocycles. The van der Waals surface area contributed by atoms with Crippen LogP contribution in [0.4, 0.5) is 0 Å². The predicted molar refractivity (Wildman–Crippen MR) is 203 cm³/mol. The predicted octanol–water partition coefficient (Wildman–Crippen LogP) is 1.95. The van der Waals surface area contributed by atoms with Gasteiger partial charge in [-0.15, -0.1) is 21.8 Å². The maximum absolute atomic E-state index is 12.7. The number of primary sulfonamides is 2. The monoisotopic (exact) mass is 819 g/mol. The molecule has 55 heavy (non-hydrogen) atoms. The summed E-state index contributed by atoms with van der Waals surface area (Å²) in [4.78, 5) is 37.0. The molecule has 5 N–H and O–H groups in total. The van der Waals surface area contributed by atoms with Crippen molar-refractivity contribution < 1.29 is 31.2 Å². The number of benzene rings is 2. The highest BCUT2D eigenvalue weighted by Crippen LogP contribution is 2.20. The summed E-state index contributed by atoms with van der Waals surface area (Å²) in [5.74, 6) is 0.276. The Hall–Kier alpha value is -4.31. The van der Waals surface area contributed by atoms with Crippen molar-refractivity contribution in [1.29, 1.82) is 0 Å². The van der Waals surface area contributed by atoms with Gasteiger partial charge in [0.1, 0.15) is 11.6 Å². The highest BCUT2D eigenvalue weighted by atomic mass is 35.5. The van der Waals surface area contributed by atoms with Gasteiger partial charge < -0.3 is 15.0 Å². The molecule has 0 unspecified atom stereocenters. The number of likely N-dealkylation sites (tertiary alicyclic amines) is 2. The van der Waals surface area contributed by atoms with Crippen LogP contribution < -0.4 is 15.6 Å². The van der Waals surface area contributed by atoms with Gasteiger partial charge in [-0.2, -0.15) is 0 Å². The highest BCUT2D eigenvalue weighted by molar-refractivity contribution is 7.89. The average molecular weight is 820 g/mol. The minimum Gasteiger partial charge on any atom is -0.460 e. The fraction of sp³-hybridized carbons (Fsp3) is 0.471. The Balaban J connectivity index is 0.000000191. The van der Waals surface area contributed by atoms with Crippen LogP contribution >= 0.6 is 11.6 Å². The Labute approximate surface area is 325 Å². The molecule has 4 aromatic rings. The van der Waals surface area contributed by atoms with Crippen molar-refractivity contribution in [2.75, 3.05) is 45.9 Å². The van der Waals surface area contributed by atoms with Crippen molar-refractivity contribution in [3.05, 3.63) is 71.8 Å². The van der Waals surface area contributed by atoms with Gasteiger partial charge >= 0.3 is 5.97 Å². The van der Waals surface area contributed by atoms with Crippen molar-refractivity contribution >= 4 is 43.5 Å². The lowest BCUT2D eigenvalue weighted by molar-refractivity contribution is 0.0511. The number of carbonyl (C=O) groups excluding carboxylic acids is 2. The molecule has 5 heterocycles. The number of ether oxygens (including phenoxy) is 1. The first-order chi connectivity index (χ1) is 26.3. The number of hydrogen-bond acceptors (Lipinski definition) is 13. The van der Waals surface area contributed by atoms with Gasteiger partial charge in [-0.25, -0.2) is 51.2 Å². The molecule has 0 radical (unpaired) electrons. The second-order valence-corrected chi connectivity index (χ2v) is 16.3. The van der Waals surface area contributed by atoms with Gasteiger partial charge in [0.25, 0.3) is 11.7 Å². The van der Waals surface area contributed by atoms with Crippen LogP contribution in [0.1, 0.15) is 78.3 Å². The first-order valence-electron chi connectivity index (χ1n) is 17.9. The van der Waals surface area contributed by atoms with Gasteiger partial charge in [0.05, 0.1) is 40.2 Å². The molecule has 1 amide bonds. The number of hydrogen-bond donors (Lipinski definition) is 3. The standard InChI is InChI=1S/C18H24N6O3S.C12H13ClN4O4S.C4H9N/c19-28(26,27)15-7-5-14(6-8-15)24-16(13-22-9-1-2-10-22)20-17(21-24)18(25)23-11-3-4-12-23;1-2-21-12(18)11-15-10(7-13)17(16-11)8-3-5-9(6-4-8)22(14,19)20;1-2-4-5-3-1/h5-8H,1-4,9-13H2,(H2,19,26,27);3-6H,2,7H2,1H3,(H2,14,19,20);5H,1-4H2. The van der Waals surface area contributed by atoms with E-state index in [-0.39, 0.29) is 39.8 Å². The van der Waals surface area contributed by atoms with Crippen LogP contribution in [0.2, 0.25) is 0 Å². The third kappa shape index (κ3) is 11.4. The first kappa shape index (κ1) is 41.8. The SMILES string of the molecule is C1CCNC1.CCOC(=O)c1nc(CCl)n(-c2ccc(S(N)(=O)=O)cc2)n1.NS(=O)(=O)c1ccc(-n2nc(C(=O)N3CCCC3)nc2CN2CCCC2)cc1. The lowest BCUT2D eigenvalue weighted by Gasteiger charge is -2.14. The zero-order valence-electron chi connectivity index (χ0n) is 30.5. The van der Waals surface area contributed by atoms with Gasteiger partial charge in [-0.3, -0.25) is 9.69 Å². The van der Waals surface area contributed by atoms with Crippen LogP contribution in [0.15, 0.2) is 58.3 Å². The fourth-order valence-electron chi connectivity index (χ4n) is 6.05. The topological polar surface area (TPSA) is 244 Å². The average Bonchev–Trinajstić information content (AvgIpc) is 4.02. The molecule has 0 bridgehead atoms. The number of nitrogens with zero attached hydrogens (tertiary/aromatic N) is 8. The number of rotatable bonds is 10. The van der Waals surface area contributed by atoms with E-state index in [1.807, 2.05) is 0 Å². The summed E-state index contributed by atoms with van der Waals surface area (Å²) < 4.78 is 53.3. The van der Waals surface area contributed by atoms with Gasteiger partial charge in [-0.1, -0.05) is 0 Å². The lowest BCUT2D eigenvalue weighted by atomic mass is 10.3. The Morgan fingerprint density at radius 2 is 1.20 bits per heavy atom. The number of halogens is 1. The maximum atomic E-state index is 12.7. The quantitative estimate of drug-likeness (QED) is 0.153. The normalized spacial score (nSPS) is 16.0. The van der Waals surface area contributed by atoms with E-state index >= 15 is 0 Å². The van der Waals surface area contributed by atoms with E-state index in [9.17, 15) is 26.4 Å². The molecule has 3 saturated heterocycles. The molecule has 298 valence electrons. The molecule has 3 aliphatic rings. The third-order valence-corrected chi connectivity index (χ3v) is 10.9. The molecule has 3 aliphatic heterocycles. The van der Waals surface area contributed by atoms with E-state index in [2.05, 4.69) is 30.4 Å². The Morgan fingerprint density at radius 3 is 1.65 bits per heavy atom. The number of esters is 1. The second kappa shape index (κ2) is 19.0. The minimum absolute atomic E-state index is 0.0172. The van der Waals surface area contributed by atoms with Crippen LogP contribution in [0, 0.1) is 0 Å². The molecule has 7 rings (SSSR count). The van der Waals surface area contributed by atoms with Gasteiger partial charge in [0.15, 0.2) is 0 Å². The summed E-state index contributed by atoms with van der Waals surface area (Å²) in [6.45, 7) is 8.42.